The van der Waals surface area contributed by atoms with E-state index in [1.165, 1.54) is 30.3 Å². The lowest BCUT2D eigenvalue weighted by Crippen LogP contribution is -2.42. The van der Waals surface area contributed by atoms with Crippen molar-refractivity contribution < 1.29 is 28.6 Å². The molecule has 1 aliphatic rings. The average molecular weight is 573 g/mol. The number of nitrogens with two attached hydrogens (primary N) is 1. The van der Waals surface area contributed by atoms with Crippen LogP contribution in [0.25, 0.3) is 11.1 Å². The Morgan fingerprint density at radius 1 is 1.24 bits per heavy atom. The number of amides is 2. The van der Waals surface area contributed by atoms with E-state index in [1.807, 2.05) is 0 Å². The van der Waals surface area contributed by atoms with Crippen LogP contribution in [0, 0.1) is 5.82 Å². The van der Waals surface area contributed by atoms with Gasteiger partial charge in [-0.15, -0.1) is 0 Å². The number of rotatable bonds is 8. The molecule has 224 valence electrons. The molecule has 0 saturated carbocycles. The summed E-state index contributed by atoms with van der Waals surface area (Å²) in [5.74, 6) is -0.996. The van der Waals surface area contributed by atoms with Gasteiger partial charge in [0.05, 0.1) is 23.1 Å². The number of carbonyl (C=O) groups excluding carboxylic acids is 2. The second-order valence-electron chi connectivity index (χ2n) is 11.5. The second kappa shape index (κ2) is 12.4. The van der Waals surface area contributed by atoms with Crippen molar-refractivity contribution in [1.82, 2.24) is 20.6 Å². The maximum atomic E-state index is 16.5. The number of hydrogen-bond donors (Lipinski definition) is 4. The van der Waals surface area contributed by atoms with Crippen molar-refractivity contribution in [3.05, 3.63) is 47.1 Å². The normalized spacial score (nSPS) is 16.2. The van der Waals surface area contributed by atoms with Gasteiger partial charge in [-0.3, -0.25) is 5.32 Å². The molecule has 2 aromatic rings. The number of hydrogen-bond acceptors (Lipinski definition) is 9. The molecule has 2 heterocycles. The Labute approximate surface area is 240 Å². The summed E-state index contributed by atoms with van der Waals surface area (Å²) in [6.07, 6.45) is 3.49. The van der Waals surface area contributed by atoms with E-state index in [-0.39, 0.29) is 39.7 Å². The molecule has 0 bridgehead atoms. The Bertz CT molecular complexity index is 1310. The summed E-state index contributed by atoms with van der Waals surface area (Å²) in [6.45, 7) is 12.4. The first-order valence-electron chi connectivity index (χ1n) is 13.6. The fourth-order valence-electron chi connectivity index (χ4n) is 4.46. The van der Waals surface area contributed by atoms with Crippen LogP contribution < -0.4 is 21.3 Å². The molecule has 0 spiro atoms. The quantitative estimate of drug-likeness (QED) is 0.206. The molecule has 41 heavy (non-hydrogen) atoms. The first kappa shape index (κ1) is 31.8. The smallest absolute Gasteiger partial charge is 0.337 e. The number of nitrogens with one attached hydrogen (secondary N) is 2. The second-order valence-corrected chi connectivity index (χ2v) is 11.5. The summed E-state index contributed by atoms with van der Waals surface area (Å²) in [6, 6.07) is 0.893. The van der Waals surface area contributed by atoms with E-state index in [4.69, 9.17) is 15.2 Å². The Morgan fingerprint density at radius 2 is 1.88 bits per heavy atom. The van der Waals surface area contributed by atoms with Crippen molar-refractivity contribution in [1.29, 1.82) is 0 Å². The Balaban J connectivity index is 2.21. The molecule has 1 aromatic heterocycles. The lowest BCUT2D eigenvalue weighted by atomic mass is 9.95. The van der Waals surface area contributed by atoms with E-state index in [2.05, 4.69) is 20.6 Å². The van der Waals surface area contributed by atoms with Gasteiger partial charge < -0.3 is 30.5 Å². The van der Waals surface area contributed by atoms with Crippen LogP contribution in [0.4, 0.5) is 20.6 Å². The van der Waals surface area contributed by atoms with Crippen molar-refractivity contribution in [2.45, 2.75) is 78.6 Å². The van der Waals surface area contributed by atoms with Crippen molar-refractivity contribution >= 4 is 23.4 Å². The van der Waals surface area contributed by atoms with Gasteiger partial charge in [-0.05, 0) is 67.4 Å². The van der Waals surface area contributed by atoms with Crippen LogP contribution in [0.1, 0.15) is 78.8 Å². The standard InChI is InChI=1S/C29H41FN6O5/c1-9-32-27(38)35-24(16(2)25(37)41-28(3,4)5)36(8)23-19(31)13-18(22(30)21(23)20-11-10-12-40-20)17-14-33-26(34-15-17)29(6,7)39/h13-15,20,39H,9-12,31H2,1-8H3,(H2,32,35,38)/b24-16+/t20-/m1/s1. The van der Waals surface area contributed by atoms with Crippen molar-refractivity contribution in [2.75, 3.05) is 30.8 Å². The number of anilines is 2. The predicted molar refractivity (Wildman–Crippen MR) is 154 cm³/mol. The van der Waals surface area contributed by atoms with Gasteiger partial charge in [-0.25, -0.2) is 23.9 Å². The molecule has 1 aliphatic heterocycles. The zero-order valence-electron chi connectivity index (χ0n) is 25.0. The van der Waals surface area contributed by atoms with E-state index in [9.17, 15) is 14.7 Å². The fraction of sp³-hybridized carbons (Fsp3) is 0.517. The van der Waals surface area contributed by atoms with E-state index in [1.54, 1.807) is 48.6 Å². The Kier molecular flexibility index (Phi) is 9.60. The van der Waals surface area contributed by atoms with Gasteiger partial charge in [0.15, 0.2) is 5.82 Å². The molecular weight excluding hydrogens is 531 g/mol. The Hall–Kier alpha value is -3.77. The molecule has 12 heteroatoms. The lowest BCUT2D eigenvalue weighted by Gasteiger charge is -2.31. The van der Waals surface area contributed by atoms with Gasteiger partial charge in [0.2, 0.25) is 0 Å². The molecule has 0 radical (unpaired) electrons. The molecule has 1 saturated heterocycles. The first-order chi connectivity index (χ1) is 19.0. The van der Waals surface area contributed by atoms with E-state index in [0.717, 1.165) is 6.42 Å². The van der Waals surface area contributed by atoms with Gasteiger partial charge >= 0.3 is 12.0 Å². The highest BCUT2D eigenvalue weighted by atomic mass is 19.1. The van der Waals surface area contributed by atoms with Crippen LogP contribution >= 0.6 is 0 Å². The summed E-state index contributed by atoms with van der Waals surface area (Å²) < 4.78 is 27.9. The highest BCUT2D eigenvalue weighted by Crippen LogP contribution is 2.44. The first-order valence-corrected chi connectivity index (χ1v) is 13.6. The number of aliphatic hydroxyl groups is 1. The van der Waals surface area contributed by atoms with Gasteiger partial charge in [-0.1, -0.05) is 0 Å². The number of esters is 1. The zero-order chi connectivity index (χ0) is 30.7. The monoisotopic (exact) mass is 572 g/mol. The summed E-state index contributed by atoms with van der Waals surface area (Å²) in [4.78, 5) is 35.6. The Morgan fingerprint density at radius 3 is 2.39 bits per heavy atom. The highest BCUT2D eigenvalue weighted by molar-refractivity contribution is 5.92. The third-order valence-corrected chi connectivity index (χ3v) is 6.36. The summed E-state index contributed by atoms with van der Waals surface area (Å²) in [7, 11) is 1.58. The number of urea groups is 1. The van der Waals surface area contributed by atoms with E-state index in [0.29, 0.717) is 25.1 Å². The minimum Gasteiger partial charge on any atom is -0.457 e. The molecule has 0 unspecified atom stereocenters. The topological polar surface area (TPSA) is 152 Å². The number of ether oxygens (including phenoxy) is 2. The minimum atomic E-state index is -1.27. The molecular formula is C29H41FN6O5. The third kappa shape index (κ3) is 7.50. The average Bonchev–Trinajstić information content (AvgIpc) is 3.40. The number of benzene rings is 1. The molecule has 2 amide bonds. The zero-order valence-corrected chi connectivity index (χ0v) is 25.0. The number of nitrogens with zero attached hydrogens (tertiary/aromatic N) is 3. The van der Waals surface area contributed by atoms with Crippen LogP contribution in [0.2, 0.25) is 0 Å². The van der Waals surface area contributed by atoms with Gasteiger partial charge in [0, 0.05) is 49.3 Å². The van der Waals surface area contributed by atoms with Crippen molar-refractivity contribution in [3.8, 4) is 11.1 Å². The molecule has 5 N–H and O–H groups in total. The van der Waals surface area contributed by atoms with Crippen LogP contribution in [0.15, 0.2) is 29.9 Å². The minimum absolute atomic E-state index is 0.0705. The molecule has 1 fully saturated rings. The summed E-state index contributed by atoms with van der Waals surface area (Å²) >= 11 is 0. The van der Waals surface area contributed by atoms with E-state index < -0.39 is 35.1 Å². The molecule has 3 rings (SSSR count). The van der Waals surface area contributed by atoms with Gasteiger partial charge in [0.25, 0.3) is 0 Å². The lowest BCUT2D eigenvalue weighted by molar-refractivity contribution is -0.149. The number of aromatic nitrogens is 2. The number of carbonyl (C=O) groups is 2. The number of halogens is 1. The maximum Gasteiger partial charge on any atom is 0.337 e. The van der Waals surface area contributed by atoms with Crippen LogP contribution in [0.3, 0.4) is 0 Å². The molecule has 0 aliphatic carbocycles. The summed E-state index contributed by atoms with van der Waals surface area (Å²) in [5, 5.41) is 15.6. The van der Waals surface area contributed by atoms with Gasteiger partial charge in [-0.2, -0.15) is 0 Å². The van der Waals surface area contributed by atoms with Crippen LogP contribution in [0.5, 0.6) is 0 Å². The van der Waals surface area contributed by atoms with Crippen molar-refractivity contribution in [3.63, 3.8) is 0 Å². The predicted octanol–water partition coefficient (Wildman–Crippen LogP) is 4.27. The van der Waals surface area contributed by atoms with Crippen molar-refractivity contribution in [2.24, 2.45) is 0 Å². The SMILES string of the molecule is CCNC(=O)N/C(=C(/C)C(=O)OC(C)(C)C)N(C)c1c(N)cc(-c2cnc(C(C)(C)O)nc2)c(F)c1[C@H]1CCCO1. The highest BCUT2D eigenvalue weighted by Gasteiger charge is 2.33. The number of nitrogen functional groups attached to an aromatic ring is 1. The summed E-state index contributed by atoms with van der Waals surface area (Å²) in [5.41, 5.74) is 5.73. The van der Waals surface area contributed by atoms with Gasteiger partial charge in [0.1, 0.15) is 22.8 Å². The van der Waals surface area contributed by atoms with E-state index >= 15 is 4.39 Å². The van der Waals surface area contributed by atoms with Crippen LogP contribution in [-0.4, -0.2) is 52.9 Å². The molecule has 11 nitrogen and oxygen atoms in total. The van der Waals surface area contributed by atoms with Crippen LogP contribution in [-0.2, 0) is 19.9 Å². The molecule has 1 atom stereocenters. The fourth-order valence-corrected chi connectivity index (χ4v) is 4.46. The third-order valence-electron chi connectivity index (χ3n) is 6.36. The molecule has 1 aromatic carbocycles. The maximum absolute atomic E-state index is 16.5. The largest absolute Gasteiger partial charge is 0.457 e.